The van der Waals surface area contributed by atoms with Crippen molar-refractivity contribution in [3.63, 3.8) is 0 Å². The van der Waals surface area contributed by atoms with E-state index in [1.54, 1.807) is 12.0 Å². The van der Waals surface area contributed by atoms with Gasteiger partial charge in [0, 0.05) is 30.6 Å². The monoisotopic (exact) mass is 411 g/mol. The number of methoxy groups -OCH3 is 1. The quantitative estimate of drug-likeness (QED) is 0.827. The third-order valence-corrected chi connectivity index (χ3v) is 4.96. The molecular weight excluding hydrogens is 382 g/mol. The molecule has 1 aromatic heterocycles. The molecule has 2 amide bonds. The van der Waals surface area contributed by atoms with Crippen LogP contribution in [0, 0.1) is 6.92 Å². The van der Waals surface area contributed by atoms with Gasteiger partial charge in [0.1, 0.15) is 17.2 Å². The van der Waals surface area contributed by atoms with Crippen molar-refractivity contribution in [3.8, 4) is 5.75 Å². The number of ether oxygens (including phenoxy) is 2. The minimum Gasteiger partial charge on any atom is -0.497 e. The Morgan fingerprint density at radius 3 is 2.47 bits per heavy atom. The normalized spacial score (nSPS) is 19.4. The van der Waals surface area contributed by atoms with E-state index in [9.17, 15) is 9.59 Å². The summed E-state index contributed by atoms with van der Waals surface area (Å²) in [5, 5.41) is 2.91. The average Bonchev–Trinajstić information content (AvgIpc) is 2.67. The molecule has 0 aliphatic carbocycles. The van der Waals surface area contributed by atoms with Crippen molar-refractivity contribution < 1.29 is 19.1 Å². The van der Waals surface area contributed by atoms with Gasteiger partial charge in [-0.05, 0) is 57.5 Å². The van der Waals surface area contributed by atoms with Crippen molar-refractivity contribution in [1.82, 2.24) is 10.3 Å². The van der Waals surface area contributed by atoms with Gasteiger partial charge in [-0.1, -0.05) is 18.2 Å². The number of aromatic nitrogens is 1. The second-order valence-electron chi connectivity index (χ2n) is 8.48. The first-order valence-electron chi connectivity index (χ1n) is 10.0. The molecular formula is C23H29N3O4. The number of nitrogens with one attached hydrogen (secondary N) is 1. The molecule has 0 radical (unpaired) electrons. The highest BCUT2D eigenvalue weighted by Crippen LogP contribution is 2.32. The van der Waals surface area contributed by atoms with E-state index in [0.717, 1.165) is 17.0 Å². The number of nitrogens with zero attached hydrogens (tertiary/aromatic N) is 2. The second-order valence-corrected chi connectivity index (χ2v) is 8.48. The highest BCUT2D eigenvalue weighted by atomic mass is 16.6. The lowest BCUT2D eigenvalue weighted by Crippen LogP contribution is -2.53. The Morgan fingerprint density at radius 1 is 1.17 bits per heavy atom. The third kappa shape index (κ3) is 5.28. The van der Waals surface area contributed by atoms with Crippen LogP contribution in [0.3, 0.4) is 0 Å². The highest BCUT2D eigenvalue weighted by Gasteiger charge is 2.38. The maximum absolute atomic E-state index is 12.9. The predicted octanol–water partition coefficient (Wildman–Crippen LogP) is 3.81. The van der Waals surface area contributed by atoms with Crippen molar-refractivity contribution in [2.75, 3.05) is 18.6 Å². The Morgan fingerprint density at radius 2 is 1.87 bits per heavy atom. The topological polar surface area (TPSA) is 80.8 Å². The van der Waals surface area contributed by atoms with Gasteiger partial charge < -0.3 is 14.8 Å². The van der Waals surface area contributed by atoms with E-state index in [1.165, 1.54) is 0 Å². The highest BCUT2D eigenvalue weighted by molar-refractivity contribution is 5.94. The molecule has 30 heavy (non-hydrogen) atoms. The predicted molar refractivity (Wildman–Crippen MR) is 115 cm³/mol. The van der Waals surface area contributed by atoms with Gasteiger partial charge in [0.2, 0.25) is 5.91 Å². The number of anilines is 1. The van der Waals surface area contributed by atoms with Gasteiger partial charge in [-0.25, -0.2) is 9.78 Å². The van der Waals surface area contributed by atoms with Gasteiger partial charge in [-0.3, -0.25) is 9.69 Å². The lowest BCUT2D eigenvalue weighted by atomic mass is 9.85. The van der Waals surface area contributed by atoms with Crippen molar-refractivity contribution in [2.45, 2.75) is 51.7 Å². The van der Waals surface area contributed by atoms with Crippen LogP contribution in [0.25, 0.3) is 0 Å². The molecule has 2 aromatic rings. The van der Waals surface area contributed by atoms with Crippen LogP contribution in [0.4, 0.5) is 10.6 Å². The number of carbonyl (C=O) groups is 2. The number of piperidine rings is 1. The van der Waals surface area contributed by atoms with Crippen LogP contribution >= 0.6 is 0 Å². The number of carbonyl (C=O) groups excluding carboxylic acids is 2. The standard InChI is InChI=1S/C23H29N3O4/c1-15-7-6-8-20(24-15)26-14-18(16-9-11-17(29-5)12-10-16)19(13-21(26)27)25-22(28)30-23(2,3)4/h6-12,18-19H,13-14H2,1-5H3,(H,25,28)/t18?,19-/m0/s1. The number of hydrogen-bond acceptors (Lipinski definition) is 5. The molecule has 2 atom stereocenters. The molecule has 1 saturated heterocycles. The summed E-state index contributed by atoms with van der Waals surface area (Å²) >= 11 is 0. The van der Waals surface area contributed by atoms with Gasteiger partial charge in [0.15, 0.2) is 0 Å². The fourth-order valence-corrected chi connectivity index (χ4v) is 3.57. The number of benzene rings is 1. The lowest BCUT2D eigenvalue weighted by molar-refractivity contribution is -0.120. The summed E-state index contributed by atoms with van der Waals surface area (Å²) in [7, 11) is 1.62. The zero-order chi connectivity index (χ0) is 21.9. The Hall–Kier alpha value is -3.09. The van der Waals surface area contributed by atoms with Crippen molar-refractivity contribution in [1.29, 1.82) is 0 Å². The van der Waals surface area contributed by atoms with E-state index in [1.807, 2.05) is 70.2 Å². The zero-order valence-corrected chi connectivity index (χ0v) is 18.1. The van der Waals surface area contributed by atoms with E-state index in [2.05, 4.69) is 10.3 Å². The largest absolute Gasteiger partial charge is 0.497 e. The Bertz CT molecular complexity index is 905. The Balaban J connectivity index is 1.89. The van der Waals surface area contributed by atoms with Crippen LogP contribution in [0.15, 0.2) is 42.5 Å². The first kappa shape index (κ1) is 21.6. The molecule has 1 aliphatic heterocycles. The van der Waals surface area contributed by atoms with E-state index < -0.39 is 11.7 Å². The molecule has 160 valence electrons. The minimum atomic E-state index is -0.615. The first-order valence-corrected chi connectivity index (χ1v) is 10.0. The Kier molecular flexibility index (Phi) is 6.29. The molecule has 7 nitrogen and oxygen atoms in total. The van der Waals surface area contributed by atoms with E-state index in [-0.39, 0.29) is 24.3 Å². The van der Waals surface area contributed by atoms with Crippen LogP contribution in [-0.4, -0.2) is 42.3 Å². The maximum atomic E-state index is 12.9. The minimum absolute atomic E-state index is 0.0843. The molecule has 1 aliphatic rings. The van der Waals surface area contributed by atoms with E-state index in [4.69, 9.17) is 9.47 Å². The van der Waals surface area contributed by atoms with Crippen molar-refractivity contribution in [3.05, 3.63) is 53.7 Å². The number of alkyl carbamates (subject to hydrolysis) is 1. The summed E-state index contributed by atoms with van der Waals surface area (Å²) in [6, 6.07) is 12.9. The fourth-order valence-electron chi connectivity index (χ4n) is 3.57. The molecule has 7 heteroatoms. The molecule has 0 saturated carbocycles. The molecule has 3 rings (SSSR count). The molecule has 2 heterocycles. The van der Waals surface area contributed by atoms with Gasteiger partial charge in [0.25, 0.3) is 0 Å². The third-order valence-electron chi connectivity index (χ3n) is 4.96. The van der Waals surface area contributed by atoms with Crippen LogP contribution in [-0.2, 0) is 9.53 Å². The lowest BCUT2D eigenvalue weighted by Gasteiger charge is -2.38. The number of rotatable bonds is 4. The Labute approximate surface area is 177 Å². The zero-order valence-electron chi connectivity index (χ0n) is 18.1. The number of amides is 2. The van der Waals surface area contributed by atoms with Gasteiger partial charge in [-0.2, -0.15) is 0 Å². The number of hydrogen-bond donors (Lipinski definition) is 1. The van der Waals surface area contributed by atoms with Crippen molar-refractivity contribution in [2.24, 2.45) is 0 Å². The van der Waals surface area contributed by atoms with E-state index in [0.29, 0.717) is 12.4 Å². The van der Waals surface area contributed by atoms with Gasteiger partial charge in [-0.15, -0.1) is 0 Å². The smallest absolute Gasteiger partial charge is 0.407 e. The SMILES string of the molecule is COc1ccc(C2CN(c3cccc(C)n3)C(=O)C[C@@H]2NC(=O)OC(C)(C)C)cc1. The molecule has 0 spiro atoms. The van der Waals surface area contributed by atoms with Gasteiger partial charge >= 0.3 is 6.09 Å². The summed E-state index contributed by atoms with van der Waals surface area (Å²) in [5.41, 5.74) is 1.23. The van der Waals surface area contributed by atoms with Crippen molar-refractivity contribution >= 4 is 17.8 Å². The number of aryl methyl sites for hydroxylation is 1. The molecule has 0 bridgehead atoms. The number of pyridine rings is 1. The second kappa shape index (κ2) is 8.73. The molecule has 1 aromatic carbocycles. The first-order chi connectivity index (χ1) is 14.2. The van der Waals surface area contributed by atoms with Crippen LogP contribution in [0.1, 0.15) is 44.4 Å². The molecule has 1 N–H and O–H groups in total. The molecule has 1 unspecified atom stereocenters. The maximum Gasteiger partial charge on any atom is 0.407 e. The van der Waals surface area contributed by atoms with Gasteiger partial charge in [0.05, 0.1) is 7.11 Å². The van der Waals surface area contributed by atoms with Crippen LogP contribution in [0.2, 0.25) is 0 Å². The van der Waals surface area contributed by atoms with E-state index >= 15 is 0 Å². The summed E-state index contributed by atoms with van der Waals surface area (Å²) in [5.74, 6) is 1.16. The summed E-state index contributed by atoms with van der Waals surface area (Å²) in [4.78, 5) is 31.6. The summed E-state index contributed by atoms with van der Waals surface area (Å²) < 4.78 is 10.7. The molecule has 1 fully saturated rings. The summed E-state index contributed by atoms with van der Waals surface area (Å²) in [6.07, 6.45) is -0.369. The average molecular weight is 412 g/mol. The van der Waals surface area contributed by atoms with Crippen LogP contribution < -0.4 is 15.0 Å². The van der Waals surface area contributed by atoms with Crippen LogP contribution in [0.5, 0.6) is 5.75 Å². The summed E-state index contributed by atoms with van der Waals surface area (Å²) in [6.45, 7) is 7.73. The fraction of sp³-hybridized carbons (Fsp3) is 0.435.